The summed E-state index contributed by atoms with van der Waals surface area (Å²) in [7, 11) is 0. The van der Waals surface area contributed by atoms with E-state index in [1.165, 1.54) is 0 Å². The number of aliphatic hydroxyl groups excluding tert-OH is 3. The maximum Gasteiger partial charge on any atom is 0.303 e. The van der Waals surface area contributed by atoms with Crippen LogP contribution in [0, 0.1) is 11.8 Å². The lowest BCUT2D eigenvalue weighted by Gasteiger charge is -2.21. The molecule has 146 valence electrons. The Balaban J connectivity index is 2.31. The Labute approximate surface area is 151 Å². The summed E-state index contributed by atoms with van der Waals surface area (Å²) in [4.78, 5) is 10.4. The number of carboxylic acids is 1. The first kappa shape index (κ1) is 22.1. The number of rotatable bonds is 13. The second-order valence-electron chi connectivity index (χ2n) is 7.41. The normalized spacial score (nSPS) is 27.8. The largest absolute Gasteiger partial charge is 0.481 e. The zero-order valence-corrected chi connectivity index (χ0v) is 15.5. The van der Waals surface area contributed by atoms with E-state index in [0.717, 1.165) is 44.9 Å². The van der Waals surface area contributed by atoms with Crippen molar-refractivity contribution in [2.45, 2.75) is 95.9 Å². The molecule has 0 saturated heterocycles. The molecule has 0 heterocycles. The number of aliphatic hydroxyl groups is 3. The number of unbranched alkanes of at least 4 members (excludes halogenated alkanes) is 5. The molecule has 1 rings (SSSR count). The second kappa shape index (κ2) is 12.4. The molecule has 0 aromatic carbocycles. The lowest BCUT2D eigenvalue weighted by molar-refractivity contribution is -0.137. The van der Waals surface area contributed by atoms with Gasteiger partial charge >= 0.3 is 5.97 Å². The fourth-order valence-corrected chi connectivity index (χ4v) is 3.74. The fourth-order valence-electron chi connectivity index (χ4n) is 3.74. The van der Waals surface area contributed by atoms with Gasteiger partial charge in [-0.25, -0.2) is 0 Å². The highest BCUT2D eigenvalue weighted by atomic mass is 16.4. The molecule has 25 heavy (non-hydrogen) atoms. The van der Waals surface area contributed by atoms with E-state index in [2.05, 4.69) is 6.92 Å². The van der Waals surface area contributed by atoms with Gasteiger partial charge in [0.2, 0.25) is 0 Å². The van der Waals surface area contributed by atoms with Crippen molar-refractivity contribution in [2.24, 2.45) is 11.8 Å². The van der Waals surface area contributed by atoms with Crippen LogP contribution in [-0.4, -0.2) is 44.7 Å². The predicted molar refractivity (Wildman–Crippen MR) is 98.2 cm³/mol. The van der Waals surface area contributed by atoms with Gasteiger partial charge in [-0.3, -0.25) is 4.79 Å². The van der Waals surface area contributed by atoms with E-state index >= 15 is 0 Å². The minimum Gasteiger partial charge on any atom is -0.481 e. The van der Waals surface area contributed by atoms with E-state index < -0.39 is 24.3 Å². The SMILES string of the molecule is CCCCC[C@@H]1[C@H](/C=C/[C@@H](O)CCCCCCC(=O)O)[C@H](O)C[C@@H]1O. The quantitative estimate of drug-likeness (QED) is 0.300. The molecular formula is C20H36O5. The maximum absolute atomic E-state index is 10.4. The predicted octanol–water partition coefficient (Wildman–Crippen LogP) is 3.27. The lowest BCUT2D eigenvalue weighted by atomic mass is 9.88. The summed E-state index contributed by atoms with van der Waals surface area (Å²) < 4.78 is 0. The molecule has 1 aliphatic rings. The molecule has 1 saturated carbocycles. The monoisotopic (exact) mass is 356 g/mol. The van der Waals surface area contributed by atoms with Crippen LogP contribution in [0.2, 0.25) is 0 Å². The van der Waals surface area contributed by atoms with Crippen LogP contribution in [0.1, 0.15) is 77.6 Å². The van der Waals surface area contributed by atoms with Gasteiger partial charge in [0.05, 0.1) is 18.3 Å². The van der Waals surface area contributed by atoms with Crippen LogP contribution in [-0.2, 0) is 4.79 Å². The van der Waals surface area contributed by atoms with Gasteiger partial charge in [0.15, 0.2) is 0 Å². The first-order valence-corrected chi connectivity index (χ1v) is 9.90. The molecule has 5 atom stereocenters. The molecule has 0 unspecified atom stereocenters. The summed E-state index contributed by atoms with van der Waals surface area (Å²) >= 11 is 0. The van der Waals surface area contributed by atoms with Crippen molar-refractivity contribution in [3.8, 4) is 0 Å². The summed E-state index contributed by atoms with van der Waals surface area (Å²) in [5.74, 6) is -0.744. The van der Waals surface area contributed by atoms with Crippen molar-refractivity contribution in [1.82, 2.24) is 0 Å². The third-order valence-electron chi connectivity index (χ3n) is 5.25. The van der Waals surface area contributed by atoms with Gasteiger partial charge in [0, 0.05) is 18.8 Å². The minimum atomic E-state index is -0.756. The van der Waals surface area contributed by atoms with Gasteiger partial charge in [-0.15, -0.1) is 0 Å². The molecule has 0 bridgehead atoms. The van der Waals surface area contributed by atoms with Crippen molar-refractivity contribution in [3.05, 3.63) is 12.2 Å². The van der Waals surface area contributed by atoms with Crippen LogP contribution in [0.4, 0.5) is 0 Å². The van der Waals surface area contributed by atoms with E-state index in [0.29, 0.717) is 19.3 Å². The molecule has 0 amide bonds. The molecule has 0 aliphatic heterocycles. The van der Waals surface area contributed by atoms with Crippen molar-refractivity contribution in [2.75, 3.05) is 0 Å². The van der Waals surface area contributed by atoms with Crippen LogP contribution >= 0.6 is 0 Å². The second-order valence-corrected chi connectivity index (χ2v) is 7.41. The van der Waals surface area contributed by atoms with Gasteiger partial charge in [0.25, 0.3) is 0 Å². The maximum atomic E-state index is 10.4. The molecule has 1 fully saturated rings. The third-order valence-corrected chi connectivity index (χ3v) is 5.25. The van der Waals surface area contributed by atoms with Gasteiger partial charge in [-0.1, -0.05) is 57.6 Å². The fraction of sp³-hybridized carbons (Fsp3) is 0.850. The Morgan fingerprint density at radius 3 is 2.48 bits per heavy atom. The molecule has 0 spiro atoms. The molecule has 0 radical (unpaired) electrons. The van der Waals surface area contributed by atoms with Crippen molar-refractivity contribution in [3.63, 3.8) is 0 Å². The topological polar surface area (TPSA) is 98.0 Å². The molecule has 5 heteroatoms. The lowest BCUT2D eigenvalue weighted by Crippen LogP contribution is -2.21. The molecule has 1 aliphatic carbocycles. The molecule has 0 aromatic rings. The van der Waals surface area contributed by atoms with E-state index in [9.17, 15) is 20.1 Å². The van der Waals surface area contributed by atoms with Gasteiger partial charge in [-0.05, 0) is 25.2 Å². The minimum absolute atomic E-state index is 0.0722. The Morgan fingerprint density at radius 1 is 1.08 bits per heavy atom. The molecular weight excluding hydrogens is 320 g/mol. The average molecular weight is 357 g/mol. The van der Waals surface area contributed by atoms with Crippen LogP contribution in [0.15, 0.2) is 12.2 Å². The summed E-state index contributed by atoms with van der Waals surface area (Å²) in [6.07, 6.45) is 11.0. The first-order valence-electron chi connectivity index (χ1n) is 9.90. The van der Waals surface area contributed by atoms with Gasteiger partial charge in [-0.2, -0.15) is 0 Å². The molecule has 0 aromatic heterocycles. The Morgan fingerprint density at radius 2 is 1.80 bits per heavy atom. The van der Waals surface area contributed by atoms with Crippen LogP contribution in [0.25, 0.3) is 0 Å². The van der Waals surface area contributed by atoms with Crippen molar-refractivity contribution < 1.29 is 25.2 Å². The zero-order valence-electron chi connectivity index (χ0n) is 15.5. The summed E-state index contributed by atoms with van der Waals surface area (Å²) in [6.45, 7) is 2.15. The number of hydrogen-bond acceptors (Lipinski definition) is 4. The standard InChI is InChI=1S/C20H36O5/c1-2-3-6-10-16-17(19(23)14-18(16)22)13-12-15(21)9-7-4-5-8-11-20(24)25/h12-13,15-19,21-23H,2-11,14H2,1H3,(H,24,25)/b13-12+/t15-,16+,17-,18-,19+/m0/s1. The van der Waals surface area contributed by atoms with E-state index in [4.69, 9.17) is 5.11 Å². The summed E-state index contributed by atoms with van der Waals surface area (Å²) in [5, 5.41) is 39.0. The van der Waals surface area contributed by atoms with Gasteiger partial charge in [0.1, 0.15) is 0 Å². The third kappa shape index (κ3) is 8.84. The summed E-state index contributed by atoms with van der Waals surface area (Å²) in [6, 6.07) is 0. The van der Waals surface area contributed by atoms with Crippen molar-refractivity contribution in [1.29, 1.82) is 0 Å². The van der Waals surface area contributed by atoms with E-state index in [-0.39, 0.29) is 18.3 Å². The number of carboxylic acid groups (broad SMARTS) is 1. The average Bonchev–Trinajstić information content (AvgIpc) is 2.82. The Kier molecular flexibility index (Phi) is 11.0. The summed E-state index contributed by atoms with van der Waals surface area (Å²) in [5.41, 5.74) is 0. The number of carbonyl (C=O) groups is 1. The Bertz CT molecular complexity index is 396. The van der Waals surface area contributed by atoms with Crippen LogP contribution in [0.3, 0.4) is 0 Å². The Hall–Kier alpha value is -0.910. The highest BCUT2D eigenvalue weighted by Gasteiger charge is 2.39. The zero-order chi connectivity index (χ0) is 18.7. The smallest absolute Gasteiger partial charge is 0.303 e. The van der Waals surface area contributed by atoms with Crippen LogP contribution < -0.4 is 0 Å². The van der Waals surface area contributed by atoms with Crippen molar-refractivity contribution >= 4 is 5.97 Å². The van der Waals surface area contributed by atoms with Gasteiger partial charge < -0.3 is 20.4 Å². The number of aliphatic carboxylic acids is 1. The van der Waals surface area contributed by atoms with E-state index in [1.807, 2.05) is 6.08 Å². The number of hydrogen-bond donors (Lipinski definition) is 4. The molecule has 5 nitrogen and oxygen atoms in total. The first-order chi connectivity index (χ1) is 12.0. The highest BCUT2D eigenvalue weighted by molar-refractivity contribution is 5.66. The van der Waals surface area contributed by atoms with E-state index in [1.54, 1.807) is 6.08 Å². The van der Waals surface area contributed by atoms with Crippen LogP contribution in [0.5, 0.6) is 0 Å². The molecule has 4 N–H and O–H groups in total. The highest BCUT2D eigenvalue weighted by Crippen LogP contribution is 2.37.